The number of pyridine rings is 4. The van der Waals surface area contributed by atoms with Gasteiger partial charge in [-0.3, -0.25) is 24.8 Å². The van der Waals surface area contributed by atoms with E-state index in [-0.39, 0.29) is 11.3 Å². The minimum atomic E-state index is -0.106. The van der Waals surface area contributed by atoms with E-state index in [9.17, 15) is 4.79 Å². The average molecular weight is 504 g/mol. The van der Waals surface area contributed by atoms with Crippen molar-refractivity contribution in [2.75, 3.05) is 5.32 Å². The van der Waals surface area contributed by atoms with Crippen LogP contribution in [0.25, 0.3) is 56.1 Å². The lowest BCUT2D eigenvalue weighted by Gasteiger charge is -2.17. The molecular formula is C28H25N9O. The van der Waals surface area contributed by atoms with E-state index in [1.165, 1.54) is 0 Å². The summed E-state index contributed by atoms with van der Waals surface area (Å²) in [7, 11) is 0. The number of carbonyl (C=O) groups is 1. The summed E-state index contributed by atoms with van der Waals surface area (Å²) in [5.41, 5.74) is 7.32. The molecule has 0 spiro atoms. The Morgan fingerprint density at radius 1 is 0.868 bits per heavy atom. The summed E-state index contributed by atoms with van der Waals surface area (Å²) in [6.07, 6.45) is 8.98. The van der Waals surface area contributed by atoms with Crippen molar-refractivity contribution >= 4 is 33.7 Å². The first kappa shape index (κ1) is 23.4. The number of rotatable bonds is 5. The second kappa shape index (κ2) is 9.15. The lowest BCUT2D eigenvalue weighted by atomic mass is 9.92. The Balaban J connectivity index is 1.36. The molecule has 6 heterocycles. The van der Waals surface area contributed by atoms with Crippen LogP contribution >= 0.6 is 0 Å². The van der Waals surface area contributed by atoms with Gasteiger partial charge in [-0.25, -0.2) is 9.97 Å². The van der Waals surface area contributed by atoms with Gasteiger partial charge in [-0.2, -0.15) is 5.10 Å². The molecular weight excluding hydrogens is 478 g/mol. The van der Waals surface area contributed by atoms with Gasteiger partial charge in [0.25, 0.3) is 0 Å². The molecule has 0 atom stereocenters. The number of hydrogen-bond acceptors (Lipinski definition) is 7. The van der Waals surface area contributed by atoms with Crippen LogP contribution in [0, 0.1) is 5.41 Å². The molecule has 6 aromatic rings. The number of anilines is 1. The molecule has 0 unspecified atom stereocenters. The molecule has 0 saturated heterocycles. The zero-order valence-electron chi connectivity index (χ0n) is 21.1. The van der Waals surface area contributed by atoms with E-state index in [0.29, 0.717) is 34.8 Å². The van der Waals surface area contributed by atoms with Crippen LogP contribution in [0.4, 0.5) is 5.69 Å². The van der Waals surface area contributed by atoms with Crippen molar-refractivity contribution in [2.45, 2.75) is 27.2 Å². The van der Waals surface area contributed by atoms with E-state index in [1.54, 1.807) is 31.0 Å². The van der Waals surface area contributed by atoms with E-state index in [1.807, 2.05) is 57.2 Å². The van der Waals surface area contributed by atoms with Gasteiger partial charge in [0.05, 0.1) is 34.3 Å². The molecule has 188 valence electrons. The molecule has 0 fully saturated rings. The van der Waals surface area contributed by atoms with E-state index in [2.05, 4.69) is 35.5 Å². The highest BCUT2D eigenvalue weighted by atomic mass is 16.1. The topological polar surface area (TPSA) is 138 Å². The van der Waals surface area contributed by atoms with E-state index >= 15 is 0 Å². The molecule has 0 aliphatic carbocycles. The Bertz CT molecular complexity index is 1780. The van der Waals surface area contributed by atoms with Gasteiger partial charge in [0.15, 0.2) is 11.5 Å². The van der Waals surface area contributed by atoms with E-state index in [4.69, 9.17) is 9.97 Å². The van der Waals surface area contributed by atoms with Crippen LogP contribution in [0.3, 0.4) is 0 Å². The molecule has 1 amide bonds. The van der Waals surface area contributed by atoms with Crippen molar-refractivity contribution in [3.63, 3.8) is 0 Å². The number of fused-ring (bicyclic) bond motifs is 2. The summed E-state index contributed by atoms with van der Waals surface area (Å²) in [4.78, 5) is 38.5. The minimum absolute atomic E-state index is 0.0532. The lowest BCUT2D eigenvalue weighted by Crippen LogP contribution is -2.19. The first-order valence-electron chi connectivity index (χ1n) is 12.2. The van der Waals surface area contributed by atoms with Crippen LogP contribution in [-0.4, -0.2) is 46.0 Å². The van der Waals surface area contributed by atoms with Gasteiger partial charge in [0.1, 0.15) is 11.0 Å². The second-order valence-electron chi connectivity index (χ2n) is 10.3. The smallest absolute Gasteiger partial charge is 0.224 e. The minimum Gasteiger partial charge on any atom is -0.336 e. The fraction of sp³-hybridized carbons (Fsp3) is 0.179. The Morgan fingerprint density at radius 2 is 1.68 bits per heavy atom. The third-order valence-corrected chi connectivity index (χ3v) is 6.00. The van der Waals surface area contributed by atoms with Gasteiger partial charge in [-0.15, -0.1) is 0 Å². The standard InChI is InChI=1S/C28H25N9O/c1-28(2,3)13-22(38)32-18-12-17(14-30-15-18)19-4-5-21-25(33-19)26(37-36-21)27-34-20-8-11-31-23(24(20)35-27)16-6-9-29-10-7-16/h4-12,14-15H,13H2,1-3H3,(H,32,38)(H,34,35)(H,36,37). The van der Waals surface area contributed by atoms with Crippen molar-refractivity contribution < 1.29 is 4.79 Å². The van der Waals surface area contributed by atoms with Gasteiger partial charge in [-0.1, -0.05) is 20.8 Å². The molecule has 6 aromatic heterocycles. The number of imidazole rings is 1. The van der Waals surface area contributed by atoms with Crippen LogP contribution in [0.1, 0.15) is 27.2 Å². The third-order valence-electron chi connectivity index (χ3n) is 6.00. The monoisotopic (exact) mass is 503 g/mol. The first-order valence-corrected chi connectivity index (χ1v) is 12.2. The Kier molecular flexibility index (Phi) is 5.64. The summed E-state index contributed by atoms with van der Waals surface area (Å²) in [6, 6.07) is 11.4. The molecule has 6 rings (SSSR count). The van der Waals surface area contributed by atoms with Crippen LogP contribution in [0.15, 0.2) is 67.4 Å². The summed E-state index contributed by atoms with van der Waals surface area (Å²) in [5, 5.41) is 10.5. The lowest BCUT2D eigenvalue weighted by molar-refractivity contribution is -0.117. The Hall–Kier alpha value is -4.99. The Labute approximate surface area is 218 Å². The summed E-state index contributed by atoms with van der Waals surface area (Å²) in [6.45, 7) is 6.09. The van der Waals surface area contributed by atoms with Crippen LogP contribution in [0.2, 0.25) is 0 Å². The molecule has 38 heavy (non-hydrogen) atoms. The highest BCUT2D eigenvalue weighted by molar-refractivity contribution is 5.95. The van der Waals surface area contributed by atoms with Crippen LogP contribution in [0.5, 0.6) is 0 Å². The van der Waals surface area contributed by atoms with Gasteiger partial charge in [0, 0.05) is 42.3 Å². The fourth-order valence-electron chi connectivity index (χ4n) is 4.33. The number of carbonyl (C=O) groups excluding carboxylic acids is 1. The van der Waals surface area contributed by atoms with Crippen molar-refractivity contribution in [3.8, 4) is 34.0 Å². The predicted molar refractivity (Wildman–Crippen MR) is 146 cm³/mol. The molecule has 0 radical (unpaired) electrons. The molecule has 0 saturated carbocycles. The van der Waals surface area contributed by atoms with Gasteiger partial charge in [0.2, 0.25) is 5.91 Å². The summed E-state index contributed by atoms with van der Waals surface area (Å²) < 4.78 is 0. The van der Waals surface area contributed by atoms with Gasteiger partial charge >= 0.3 is 0 Å². The number of nitrogens with zero attached hydrogens (tertiary/aromatic N) is 6. The number of H-pyrrole nitrogens is 2. The number of amides is 1. The molecule has 3 N–H and O–H groups in total. The zero-order chi connectivity index (χ0) is 26.3. The van der Waals surface area contributed by atoms with E-state index < -0.39 is 0 Å². The predicted octanol–water partition coefficient (Wildman–Crippen LogP) is 5.39. The number of aromatic nitrogens is 8. The molecule has 0 aliphatic heterocycles. The maximum absolute atomic E-state index is 12.4. The zero-order valence-corrected chi connectivity index (χ0v) is 21.1. The highest BCUT2D eigenvalue weighted by Crippen LogP contribution is 2.31. The quantitative estimate of drug-likeness (QED) is 0.286. The number of nitrogens with one attached hydrogen (secondary N) is 3. The van der Waals surface area contributed by atoms with Gasteiger partial charge < -0.3 is 10.3 Å². The third kappa shape index (κ3) is 4.59. The van der Waals surface area contributed by atoms with Crippen molar-refractivity contribution in [1.29, 1.82) is 0 Å². The Morgan fingerprint density at radius 3 is 2.50 bits per heavy atom. The first-order chi connectivity index (χ1) is 18.3. The van der Waals surface area contributed by atoms with Gasteiger partial charge in [-0.05, 0) is 41.8 Å². The molecule has 0 aliphatic rings. The molecule has 10 heteroatoms. The molecule has 10 nitrogen and oxygen atoms in total. The normalized spacial score (nSPS) is 11.8. The van der Waals surface area contributed by atoms with Crippen molar-refractivity contribution in [1.82, 2.24) is 40.1 Å². The molecule has 0 bridgehead atoms. The molecule has 0 aromatic carbocycles. The maximum Gasteiger partial charge on any atom is 0.224 e. The maximum atomic E-state index is 12.4. The highest BCUT2D eigenvalue weighted by Gasteiger charge is 2.18. The summed E-state index contributed by atoms with van der Waals surface area (Å²) in [5.74, 6) is 0.531. The largest absolute Gasteiger partial charge is 0.336 e. The number of hydrogen-bond donors (Lipinski definition) is 3. The summed E-state index contributed by atoms with van der Waals surface area (Å²) >= 11 is 0. The second-order valence-corrected chi connectivity index (χ2v) is 10.3. The fourth-order valence-corrected chi connectivity index (χ4v) is 4.33. The van der Waals surface area contributed by atoms with Crippen LogP contribution in [-0.2, 0) is 4.79 Å². The average Bonchev–Trinajstić information content (AvgIpc) is 3.51. The van der Waals surface area contributed by atoms with Crippen molar-refractivity contribution in [3.05, 3.63) is 67.4 Å². The SMILES string of the molecule is CC(C)(C)CC(=O)Nc1cncc(-c2ccc3[nH]nc(-c4nc5c(-c6ccncc6)nccc5[nH]4)c3n2)c1. The van der Waals surface area contributed by atoms with Crippen LogP contribution < -0.4 is 5.32 Å². The van der Waals surface area contributed by atoms with Crippen molar-refractivity contribution in [2.24, 2.45) is 5.41 Å². The van der Waals surface area contributed by atoms with E-state index in [0.717, 1.165) is 33.4 Å². The number of aromatic amines is 2.